The first-order chi connectivity index (χ1) is 20.6. The average Bonchev–Trinajstić information content (AvgIpc) is 2.96. The summed E-state index contributed by atoms with van der Waals surface area (Å²) < 4.78 is 0. The van der Waals surface area contributed by atoms with Gasteiger partial charge in [0.25, 0.3) is 0 Å². The number of hydrogen-bond donors (Lipinski definition) is 3. The zero-order valence-electron chi connectivity index (χ0n) is 25.3. The molecule has 3 N–H and O–H groups in total. The van der Waals surface area contributed by atoms with Gasteiger partial charge in [0.2, 0.25) is 11.8 Å². The lowest BCUT2D eigenvalue weighted by Gasteiger charge is -2.38. The molecular weight excluding hydrogens is 540 g/mol. The summed E-state index contributed by atoms with van der Waals surface area (Å²) in [6.45, 7) is 3.64. The zero-order valence-corrected chi connectivity index (χ0v) is 25.3. The van der Waals surface area contributed by atoms with Crippen LogP contribution in [0, 0.1) is 11.8 Å². The third-order valence-electron chi connectivity index (χ3n) is 9.20. The van der Waals surface area contributed by atoms with Crippen molar-refractivity contribution >= 4 is 23.6 Å². The van der Waals surface area contributed by atoms with Gasteiger partial charge in [0.05, 0.1) is 23.1 Å². The van der Waals surface area contributed by atoms with Crippen LogP contribution < -0.4 is 10.6 Å². The summed E-state index contributed by atoms with van der Waals surface area (Å²) in [6, 6.07) is 19.9. The van der Waals surface area contributed by atoms with Gasteiger partial charge in [-0.25, -0.2) is 4.79 Å². The van der Waals surface area contributed by atoms with Crippen LogP contribution in [0.2, 0.25) is 0 Å². The quantitative estimate of drug-likeness (QED) is 0.250. The molecule has 0 atom stereocenters. The van der Waals surface area contributed by atoms with Crippen LogP contribution in [0.1, 0.15) is 70.8 Å². The Bertz CT molecular complexity index is 1440. The maximum absolute atomic E-state index is 13.1. The van der Waals surface area contributed by atoms with Crippen LogP contribution >= 0.6 is 0 Å². The predicted molar refractivity (Wildman–Crippen MR) is 168 cm³/mol. The molecule has 2 aromatic carbocycles. The summed E-state index contributed by atoms with van der Waals surface area (Å²) in [6.07, 6.45) is 8.08. The second-order valence-corrected chi connectivity index (χ2v) is 12.6. The molecule has 226 valence electrons. The van der Waals surface area contributed by atoms with Crippen molar-refractivity contribution in [1.29, 1.82) is 0 Å². The molecule has 3 aromatic rings. The molecule has 43 heavy (non-hydrogen) atoms. The molecule has 0 saturated heterocycles. The first kappa shape index (κ1) is 30.3. The molecule has 8 nitrogen and oxygen atoms in total. The lowest BCUT2D eigenvalue weighted by molar-refractivity contribution is -0.139. The van der Waals surface area contributed by atoms with E-state index in [4.69, 9.17) is 4.98 Å². The van der Waals surface area contributed by atoms with Crippen molar-refractivity contribution in [2.75, 3.05) is 12.4 Å². The fourth-order valence-corrected chi connectivity index (χ4v) is 6.32. The smallest absolute Gasteiger partial charge is 0.405 e. The molecular formula is C35H42N4O4. The average molecular weight is 583 g/mol. The molecule has 0 aliphatic heterocycles. The molecule has 1 aromatic heterocycles. The molecule has 2 aliphatic rings. The van der Waals surface area contributed by atoms with Gasteiger partial charge in [-0.05, 0) is 75.5 Å². The Balaban J connectivity index is 1.26. The van der Waals surface area contributed by atoms with Gasteiger partial charge in [-0.2, -0.15) is 0 Å². The third-order valence-corrected chi connectivity index (χ3v) is 9.20. The first-order valence-electron chi connectivity index (χ1n) is 15.3. The maximum Gasteiger partial charge on any atom is 0.405 e. The van der Waals surface area contributed by atoms with E-state index in [2.05, 4.69) is 10.6 Å². The second-order valence-electron chi connectivity index (χ2n) is 12.6. The minimum atomic E-state index is -1.07. The summed E-state index contributed by atoms with van der Waals surface area (Å²) in [4.78, 5) is 43.7. The number of carbonyl (C=O) groups is 3. The number of rotatable bonds is 9. The summed E-state index contributed by atoms with van der Waals surface area (Å²) in [5.41, 5.74) is 4.30. The SMILES string of the molecule is CN(C(=O)C1CCC1)[C@H]1CC[C@H](CC(=O)Nc2cnc(-c3ccc(C(C)(C)NC(=O)O)cc3)c(-c3ccccc3)c2)CC1. The van der Waals surface area contributed by atoms with Crippen molar-refractivity contribution in [1.82, 2.24) is 15.2 Å². The van der Waals surface area contributed by atoms with Gasteiger partial charge in [0.15, 0.2) is 0 Å². The van der Waals surface area contributed by atoms with Crippen molar-refractivity contribution in [3.05, 3.63) is 72.4 Å². The number of carboxylic acid groups (broad SMARTS) is 1. The molecule has 0 unspecified atom stereocenters. The summed E-state index contributed by atoms with van der Waals surface area (Å²) >= 11 is 0. The van der Waals surface area contributed by atoms with Crippen molar-refractivity contribution in [3.63, 3.8) is 0 Å². The van der Waals surface area contributed by atoms with E-state index in [9.17, 15) is 19.5 Å². The Morgan fingerprint density at radius 1 is 0.930 bits per heavy atom. The predicted octanol–water partition coefficient (Wildman–Crippen LogP) is 7.06. The Morgan fingerprint density at radius 3 is 2.21 bits per heavy atom. The number of amides is 3. The van der Waals surface area contributed by atoms with Crippen LogP contribution in [0.15, 0.2) is 66.9 Å². The van der Waals surface area contributed by atoms with E-state index in [0.29, 0.717) is 23.9 Å². The molecule has 5 rings (SSSR count). The molecule has 3 amide bonds. The molecule has 2 saturated carbocycles. The van der Waals surface area contributed by atoms with Crippen LogP contribution in [0.3, 0.4) is 0 Å². The molecule has 8 heteroatoms. The lowest BCUT2D eigenvalue weighted by atomic mass is 9.81. The van der Waals surface area contributed by atoms with E-state index in [1.807, 2.05) is 86.5 Å². The van der Waals surface area contributed by atoms with E-state index in [0.717, 1.165) is 72.9 Å². The molecule has 2 fully saturated rings. The fraction of sp³-hybridized carbons (Fsp3) is 0.429. The zero-order chi connectivity index (χ0) is 30.6. The van der Waals surface area contributed by atoms with Gasteiger partial charge in [-0.3, -0.25) is 14.6 Å². The van der Waals surface area contributed by atoms with E-state index in [1.165, 1.54) is 0 Å². The highest BCUT2D eigenvalue weighted by Crippen LogP contribution is 2.35. The molecule has 0 spiro atoms. The summed E-state index contributed by atoms with van der Waals surface area (Å²) in [7, 11) is 1.95. The van der Waals surface area contributed by atoms with Gasteiger partial charge in [0, 0.05) is 36.6 Å². The Morgan fingerprint density at radius 2 is 1.60 bits per heavy atom. The van der Waals surface area contributed by atoms with E-state index in [1.54, 1.807) is 6.20 Å². The highest BCUT2D eigenvalue weighted by molar-refractivity contribution is 5.93. The monoisotopic (exact) mass is 582 g/mol. The number of carbonyl (C=O) groups excluding carboxylic acids is 2. The molecule has 0 radical (unpaired) electrons. The van der Waals surface area contributed by atoms with Crippen molar-refractivity contribution < 1.29 is 19.5 Å². The van der Waals surface area contributed by atoms with Crippen LogP contribution in [0.25, 0.3) is 22.4 Å². The number of anilines is 1. The lowest BCUT2D eigenvalue weighted by Crippen LogP contribution is -2.44. The molecule has 1 heterocycles. The van der Waals surface area contributed by atoms with Gasteiger partial charge in [0.1, 0.15) is 0 Å². The van der Waals surface area contributed by atoms with Gasteiger partial charge in [-0.15, -0.1) is 0 Å². The van der Waals surface area contributed by atoms with E-state index >= 15 is 0 Å². The minimum absolute atomic E-state index is 0.0200. The van der Waals surface area contributed by atoms with Crippen molar-refractivity contribution in [2.24, 2.45) is 11.8 Å². The Hall–Kier alpha value is -4.20. The third kappa shape index (κ3) is 7.24. The van der Waals surface area contributed by atoms with E-state index in [-0.39, 0.29) is 17.9 Å². The summed E-state index contributed by atoms with van der Waals surface area (Å²) in [5.74, 6) is 0.811. The highest BCUT2D eigenvalue weighted by Gasteiger charge is 2.33. The maximum atomic E-state index is 13.1. The van der Waals surface area contributed by atoms with Crippen LogP contribution in [-0.4, -0.2) is 46.0 Å². The Kier molecular flexibility index (Phi) is 9.14. The number of nitrogens with one attached hydrogen (secondary N) is 2. The van der Waals surface area contributed by atoms with Crippen molar-refractivity contribution in [3.8, 4) is 22.4 Å². The standard InChI is InChI=1S/C35H42N4O4/c1-35(2,38-34(42)43)27-16-14-25(15-17-27)32-30(24-8-5-4-6-9-24)21-28(22-36-32)37-31(40)20-23-12-18-29(19-13-23)39(3)33(41)26-10-7-11-26/h4-6,8-9,14-17,21-23,26,29,38H,7,10-13,18-20H2,1-3H3,(H,37,40)(H,42,43)/t23-,29-. The number of aromatic nitrogens is 1. The Labute approximate surface area is 253 Å². The van der Waals surface area contributed by atoms with Crippen molar-refractivity contribution in [2.45, 2.75) is 76.8 Å². The minimum Gasteiger partial charge on any atom is -0.465 e. The van der Waals surface area contributed by atoms with Gasteiger partial charge in [-0.1, -0.05) is 61.0 Å². The topological polar surface area (TPSA) is 112 Å². The number of hydrogen-bond acceptors (Lipinski definition) is 4. The van der Waals surface area contributed by atoms with Crippen LogP contribution in [0.5, 0.6) is 0 Å². The highest BCUT2D eigenvalue weighted by atomic mass is 16.4. The molecule has 2 aliphatic carbocycles. The van der Waals surface area contributed by atoms with Gasteiger partial charge >= 0.3 is 6.09 Å². The first-order valence-corrected chi connectivity index (χ1v) is 15.3. The van der Waals surface area contributed by atoms with Crippen LogP contribution in [0.4, 0.5) is 10.5 Å². The van der Waals surface area contributed by atoms with Crippen LogP contribution in [-0.2, 0) is 15.1 Å². The van der Waals surface area contributed by atoms with Gasteiger partial charge < -0.3 is 20.6 Å². The fourth-order valence-electron chi connectivity index (χ4n) is 6.32. The second kappa shape index (κ2) is 13.0. The number of pyridine rings is 1. The molecule has 0 bridgehead atoms. The normalized spacial score (nSPS) is 18.8. The number of benzene rings is 2. The summed E-state index contributed by atoms with van der Waals surface area (Å²) in [5, 5.41) is 14.8. The number of nitrogens with zero attached hydrogens (tertiary/aromatic N) is 2. The van der Waals surface area contributed by atoms with E-state index < -0.39 is 11.6 Å². The largest absolute Gasteiger partial charge is 0.465 e.